The fraction of sp³-hybridized carbons (Fsp3) is 0.300. The molecule has 6 heteroatoms. The smallest absolute Gasteiger partial charge is 0.240 e. The van der Waals surface area contributed by atoms with E-state index in [1.807, 2.05) is 6.92 Å². The molecule has 0 radical (unpaired) electrons. The highest BCUT2D eigenvalue weighted by Gasteiger charge is 2.14. The summed E-state index contributed by atoms with van der Waals surface area (Å²) in [6, 6.07) is 3.27. The van der Waals surface area contributed by atoms with Gasteiger partial charge in [0.05, 0.1) is 16.6 Å². The molecule has 0 spiro atoms. The average molecular weight is 239 g/mol. The Morgan fingerprint density at radius 1 is 1.38 bits per heavy atom. The predicted octanol–water partition coefficient (Wildman–Crippen LogP) is 0.790. The Labute approximate surface area is 94.1 Å². The lowest BCUT2D eigenvalue weighted by atomic mass is 10.1. The number of aromatic nitrogens is 2. The minimum atomic E-state index is -3.40. The van der Waals surface area contributed by atoms with Crippen molar-refractivity contribution in [1.29, 1.82) is 0 Å². The first-order chi connectivity index (χ1) is 7.45. The second-order valence-corrected chi connectivity index (χ2v) is 5.54. The third kappa shape index (κ3) is 1.60. The molecule has 0 aliphatic carbocycles. The van der Waals surface area contributed by atoms with Crippen molar-refractivity contribution in [2.24, 2.45) is 7.05 Å². The number of sulfonamides is 1. The summed E-state index contributed by atoms with van der Waals surface area (Å²) in [6.45, 7) is 1.87. The molecule has 0 aliphatic rings. The van der Waals surface area contributed by atoms with E-state index in [2.05, 4.69) is 9.82 Å². The second-order valence-electron chi connectivity index (χ2n) is 3.65. The number of fused-ring (bicyclic) bond motifs is 1. The molecule has 86 valence electrons. The monoisotopic (exact) mass is 239 g/mol. The van der Waals surface area contributed by atoms with E-state index < -0.39 is 10.0 Å². The van der Waals surface area contributed by atoms with Gasteiger partial charge in [0.2, 0.25) is 10.0 Å². The van der Waals surface area contributed by atoms with E-state index in [0.29, 0.717) is 0 Å². The summed E-state index contributed by atoms with van der Waals surface area (Å²) in [4.78, 5) is 0.267. The summed E-state index contributed by atoms with van der Waals surface area (Å²) in [7, 11) is -0.208. The molecular formula is C10H13N3O2S. The maximum Gasteiger partial charge on any atom is 0.240 e. The minimum absolute atomic E-state index is 0.267. The van der Waals surface area contributed by atoms with Crippen molar-refractivity contribution in [3.63, 3.8) is 0 Å². The van der Waals surface area contributed by atoms with Crippen molar-refractivity contribution in [3.8, 4) is 0 Å². The van der Waals surface area contributed by atoms with Gasteiger partial charge in [0, 0.05) is 12.4 Å². The van der Waals surface area contributed by atoms with Crippen molar-refractivity contribution in [1.82, 2.24) is 14.5 Å². The lowest BCUT2D eigenvalue weighted by Crippen LogP contribution is -2.18. The van der Waals surface area contributed by atoms with Gasteiger partial charge >= 0.3 is 0 Å². The van der Waals surface area contributed by atoms with Gasteiger partial charge in [-0.3, -0.25) is 4.68 Å². The average Bonchev–Trinajstić information content (AvgIpc) is 2.61. The Balaban J connectivity index is 2.80. The van der Waals surface area contributed by atoms with E-state index in [1.165, 1.54) is 7.05 Å². The highest BCUT2D eigenvalue weighted by atomic mass is 32.2. The van der Waals surface area contributed by atoms with E-state index >= 15 is 0 Å². The normalized spacial score (nSPS) is 12.2. The van der Waals surface area contributed by atoms with Crippen LogP contribution in [0.5, 0.6) is 0 Å². The lowest BCUT2D eigenvalue weighted by molar-refractivity contribution is 0.588. The third-order valence-corrected chi connectivity index (χ3v) is 4.02. The second kappa shape index (κ2) is 3.57. The van der Waals surface area contributed by atoms with Crippen LogP contribution in [-0.2, 0) is 17.1 Å². The zero-order valence-electron chi connectivity index (χ0n) is 9.35. The number of nitrogens with zero attached hydrogens (tertiary/aromatic N) is 2. The fourth-order valence-electron chi connectivity index (χ4n) is 1.66. The van der Waals surface area contributed by atoms with Crippen LogP contribution in [0.15, 0.2) is 23.2 Å². The topological polar surface area (TPSA) is 64.0 Å². The van der Waals surface area contributed by atoms with Gasteiger partial charge in [0.1, 0.15) is 0 Å². The fourth-order valence-corrected chi connectivity index (χ4v) is 2.50. The zero-order valence-corrected chi connectivity index (χ0v) is 10.2. The molecule has 2 rings (SSSR count). The highest BCUT2D eigenvalue weighted by Crippen LogP contribution is 2.22. The van der Waals surface area contributed by atoms with Gasteiger partial charge in [-0.15, -0.1) is 0 Å². The molecule has 1 aromatic heterocycles. The van der Waals surface area contributed by atoms with Crippen LogP contribution >= 0.6 is 0 Å². The third-order valence-electron chi connectivity index (χ3n) is 2.63. The molecule has 16 heavy (non-hydrogen) atoms. The molecule has 0 bridgehead atoms. The Hall–Kier alpha value is -1.40. The Morgan fingerprint density at radius 2 is 2.06 bits per heavy atom. The molecule has 0 amide bonds. The largest absolute Gasteiger partial charge is 0.268 e. The first-order valence-electron chi connectivity index (χ1n) is 4.81. The van der Waals surface area contributed by atoms with Crippen LogP contribution in [-0.4, -0.2) is 25.2 Å². The van der Waals surface area contributed by atoms with Crippen LogP contribution in [0.1, 0.15) is 5.56 Å². The molecule has 0 saturated heterocycles. The molecule has 2 aromatic rings. The van der Waals surface area contributed by atoms with E-state index in [-0.39, 0.29) is 4.90 Å². The maximum absolute atomic E-state index is 11.7. The number of benzene rings is 1. The molecule has 0 unspecified atom stereocenters. The summed E-state index contributed by atoms with van der Waals surface area (Å²) in [5.74, 6) is 0. The minimum Gasteiger partial charge on any atom is -0.268 e. The van der Waals surface area contributed by atoms with Gasteiger partial charge in [-0.1, -0.05) is 0 Å². The molecule has 0 saturated carbocycles. The number of aryl methyl sites for hydroxylation is 2. The van der Waals surface area contributed by atoms with E-state index in [1.54, 1.807) is 30.1 Å². The predicted molar refractivity (Wildman–Crippen MR) is 61.7 cm³/mol. The highest BCUT2D eigenvalue weighted by molar-refractivity contribution is 7.89. The molecule has 5 nitrogen and oxygen atoms in total. The van der Waals surface area contributed by atoms with Gasteiger partial charge < -0.3 is 0 Å². The van der Waals surface area contributed by atoms with Gasteiger partial charge in [0.15, 0.2) is 0 Å². The van der Waals surface area contributed by atoms with E-state index in [4.69, 9.17) is 0 Å². The van der Waals surface area contributed by atoms with Crippen molar-refractivity contribution >= 4 is 20.9 Å². The van der Waals surface area contributed by atoms with Crippen LogP contribution < -0.4 is 4.72 Å². The first kappa shape index (κ1) is 11.1. The SMILES string of the molecule is CNS(=O)(=O)c1cc(C)c2cnn(C)c2c1. The van der Waals surface area contributed by atoms with Gasteiger partial charge in [-0.25, -0.2) is 13.1 Å². The van der Waals surface area contributed by atoms with Crippen molar-refractivity contribution < 1.29 is 8.42 Å². The Morgan fingerprint density at radius 3 is 2.69 bits per heavy atom. The first-order valence-corrected chi connectivity index (χ1v) is 6.30. The van der Waals surface area contributed by atoms with E-state index in [9.17, 15) is 8.42 Å². The molecule has 0 atom stereocenters. The Kier molecular flexibility index (Phi) is 2.47. The summed E-state index contributed by atoms with van der Waals surface area (Å²) in [5.41, 5.74) is 1.72. The number of hydrogen-bond acceptors (Lipinski definition) is 3. The van der Waals surface area contributed by atoms with Crippen LogP contribution in [0.4, 0.5) is 0 Å². The molecule has 0 aliphatic heterocycles. The quantitative estimate of drug-likeness (QED) is 0.842. The number of rotatable bonds is 2. The Bertz CT molecular complexity index is 643. The lowest BCUT2D eigenvalue weighted by Gasteiger charge is -2.05. The molecule has 1 aromatic carbocycles. The maximum atomic E-state index is 11.7. The van der Waals surface area contributed by atoms with Gasteiger partial charge in [-0.2, -0.15) is 5.10 Å². The van der Waals surface area contributed by atoms with Crippen molar-refractivity contribution in [3.05, 3.63) is 23.9 Å². The van der Waals surface area contributed by atoms with Crippen LogP contribution in [0.3, 0.4) is 0 Å². The van der Waals surface area contributed by atoms with Crippen molar-refractivity contribution in [2.45, 2.75) is 11.8 Å². The standard InChI is InChI=1S/C10H13N3O2S/c1-7-4-8(16(14,15)11-2)5-10-9(7)6-12-13(10)3/h4-6,11H,1-3H3. The number of nitrogens with one attached hydrogen (secondary N) is 1. The number of hydrogen-bond donors (Lipinski definition) is 1. The van der Waals surface area contributed by atoms with Crippen molar-refractivity contribution in [2.75, 3.05) is 7.05 Å². The van der Waals surface area contributed by atoms with Crippen LogP contribution in [0, 0.1) is 6.92 Å². The summed E-state index contributed by atoms with van der Waals surface area (Å²) in [5, 5.41) is 5.08. The van der Waals surface area contributed by atoms with E-state index in [0.717, 1.165) is 16.5 Å². The summed E-state index contributed by atoms with van der Waals surface area (Å²) in [6.07, 6.45) is 1.74. The van der Waals surface area contributed by atoms with Gasteiger partial charge in [0.25, 0.3) is 0 Å². The molecule has 0 fully saturated rings. The molecule has 1 N–H and O–H groups in total. The molecule has 1 heterocycles. The summed E-state index contributed by atoms with van der Waals surface area (Å²) >= 11 is 0. The van der Waals surface area contributed by atoms with Gasteiger partial charge in [-0.05, 0) is 31.7 Å². The van der Waals surface area contributed by atoms with Crippen LogP contribution in [0.2, 0.25) is 0 Å². The van der Waals surface area contributed by atoms with Crippen LogP contribution in [0.25, 0.3) is 10.9 Å². The zero-order chi connectivity index (χ0) is 11.9. The summed E-state index contributed by atoms with van der Waals surface area (Å²) < 4.78 is 27.3. The molecular weight excluding hydrogens is 226 g/mol.